The molecule has 0 radical (unpaired) electrons. The zero-order chi connectivity index (χ0) is 25.8. The van der Waals surface area contributed by atoms with E-state index in [4.69, 9.17) is 0 Å². The molecule has 5 N–H and O–H groups in total. The Morgan fingerprint density at radius 3 is 2.64 bits per heavy atom. The first-order valence-electron chi connectivity index (χ1n) is 11.7. The van der Waals surface area contributed by atoms with E-state index in [9.17, 15) is 14.4 Å². The molecule has 3 aromatic rings. The molecule has 0 unspecified atom stereocenters. The van der Waals surface area contributed by atoms with E-state index in [1.165, 1.54) is 6.20 Å². The first kappa shape index (κ1) is 26.1. The summed E-state index contributed by atoms with van der Waals surface area (Å²) in [6.07, 6.45) is 7.49. The Bertz CT molecular complexity index is 1230. The van der Waals surface area contributed by atoms with Crippen LogP contribution in [0.4, 0.5) is 17.5 Å². The molecule has 3 amide bonds. The lowest BCUT2D eigenvalue weighted by molar-refractivity contribution is -0.123. The van der Waals surface area contributed by atoms with Crippen molar-refractivity contribution in [3.63, 3.8) is 0 Å². The van der Waals surface area contributed by atoms with Crippen LogP contribution in [0.25, 0.3) is 10.8 Å². The predicted molar refractivity (Wildman–Crippen MR) is 139 cm³/mol. The van der Waals surface area contributed by atoms with E-state index in [1.807, 2.05) is 31.2 Å². The Hall–Kier alpha value is -4.54. The largest absolute Gasteiger partial charge is 0.369 e. The van der Waals surface area contributed by atoms with E-state index in [0.29, 0.717) is 43.4 Å². The van der Waals surface area contributed by atoms with Crippen molar-refractivity contribution in [2.24, 2.45) is 0 Å². The number of amides is 3. The zero-order valence-electron chi connectivity index (χ0n) is 20.1. The number of hydrogen-bond donors (Lipinski definition) is 5. The summed E-state index contributed by atoms with van der Waals surface area (Å²) in [6.45, 7) is 6.56. The topological polar surface area (TPSA) is 150 Å². The molecule has 0 saturated heterocycles. The lowest BCUT2D eigenvalue weighted by atomic mass is 10.1. The van der Waals surface area contributed by atoms with Gasteiger partial charge in [-0.25, -0.2) is 4.98 Å². The maximum absolute atomic E-state index is 12.8. The van der Waals surface area contributed by atoms with Crippen LogP contribution in [0.3, 0.4) is 0 Å². The molecule has 11 nitrogen and oxygen atoms in total. The van der Waals surface area contributed by atoms with Crippen LogP contribution >= 0.6 is 0 Å². The monoisotopic (exact) mass is 490 g/mol. The van der Waals surface area contributed by atoms with Crippen molar-refractivity contribution < 1.29 is 14.4 Å². The molecular weight excluding hydrogens is 460 g/mol. The Morgan fingerprint density at radius 2 is 1.83 bits per heavy atom. The van der Waals surface area contributed by atoms with Crippen LogP contribution in [-0.2, 0) is 9.59 Å². The van der Waals surface area contributed by atoms with Gasteiger partial charge in [-0.15, -0.1) is 0 Å². The molecule has 0 aliphatic carbocycles. The van der Waals surface area contributed by atoms with Gasteiger partial charge in [-0.1, -0.05) is 19.6 Å². The average molecular weight is 491 g/mol. The van der Waals surface area contributed by atoms with Gasteiger partial charge in [0.1, 0.15) is 11.4 Å². The quantitative estimate of drug-likeness (QED) is 0.181. The standard InChI is InChI=1S/C25H30N8O3/c1-3-9-28-23-20(24(36)29-11-5-10-27-22(35)16-30-21(34)4-2)15-31-25(33-23)32-19-7-6-18-14-26-12-8-17(18)13-19/h4,6-8,12-15H,2-3,5,9-11,16H2,1H3,(H,27,35)(H,29,36)(H,30,34)(H2,28,31,32,33). The summed E-state index contributed by atoms with van der Waals surface area (Å²) >= 11 is 0. The molecule has 2 aromatic heterocycles. The molecule has 0 aliphatic rings. The van der Waals surface area contributed by atoms with Gasteiger partial charge in [-0.2, -0.15) is 4.98 Å². The summed E-state index contributed by atoms with van der Waals surface area (Å²) in [4.78, 5) is 48.5. The minimum absolute atomic E-state index is 0.127. The fourth-order valence-electron chi connectivity index (χ4n) is 3.19. The molecule has 2 heterocycles. The summed E-state index contributed by atoms with van der Waals surface area (Å²) in [5, 5.41) is 16.3. The number of anilines is 3. The number of rotatable bonds is 13. The Morgan fingerprint density at radius 1 is 1.00 bits per heavy atom. The third-order valence-electron chi connectivity index (χ3n) is 5.04. The molecule has 1 aromatic carbocycles. The van der Waals surface area contributed by atoms with E-state index in [1.54, 1.807) is 12.4 Å². The van der Waals surface area contributed by atoms with E-state index >= 15 is 0 Å². The molecule has 0 aliphatic heterocycles. The van der Waals surface area contributed by atoms with Gasteiger partial charge in [0.25, 0.3) is 5.91 Å². The molecule has 0 atom stereocenters. The molecule has 188 valence electrons. The van der Waals surface area contributed by atoms with E-state index in [0.717, 1.165) is 29.0 Å². The molecule has 0 spiro atoms. The third-order valence-corrected chi connectivity index (χ3v) is 5.04. The summed E-state index contributed by atoms with van der Waals surface area (Å²) in [7, 11) is 0. The number of carbonyl (C=O) groups is 3. The highest BCUT2D eigenvalue weighted by Crippen LogP contribution is 2.22. The number of hydrogen-bond acceptors (Lipinski definition) is 8. The van der Waals surface area contributed by atoms with Crippen LogP contribution in [0.1, 0.15) is 30.1 Å². The van der Waals surface area contributed by atoms with Crippen molar-refractivity contribution in [1.82, 2.24) is 30.9 Å². The van der Waals surface area contributed by atoms with E-state index < -0.39 is 5.91 Å². The number of carbonyl (C=O) groups excluding carboxylic acids is 3. The predicted octanol–water partition coefficient (Wildman–Crippen LogP) is 2.13. The van der Waals surface area contributed by atoms with Crippen molar-refractivity contribution >= 4 is 45.9 Å². The van der Waals surface area contributed by atoms with Crippen LogP contribution < -0.4 is 26.6 Å². The minimum atomic E-state index is -0.414. The fourth-order valence-corrected chi connectivity index (χ4v) is 3.19. The normalized spacial score (nSPS) is 10.4. The summed E-state index contributed by atoms with van der Waals surface area (Å²) in [5.74, 6) is -0.249. The van der Waals surface area contributed by atoms with E-state index in [-0.39, 0.29) is 18.4 Å². The van der Waals surface area contributed by atoms with Crippen molar-refractivity contribution in [1.29, 1.82) is 0 Å². The van der Waals surface area contributed by atoms with Gasteiger partial charge < -0.3 is 26.6 Å². The van der Waals surface area contributed by atoms with Gasteiger partial charge >= 0.3 is 0 Å². The van der Waals surface area contributed by atoms with Crippen LogP contribution in [0.15, 0.2) is 55.5 Å². The first-order chi connectivity index (χ1) is 17.5. The van der Waals surface area contributed by atoms with Crippen LogP contribution in [0.2, 0.25) is 0 Å². The average Bonchev–Trinajstić information content (AvgIpc) is 2.90. The molecular formula is C25H30N8O3. The maximum atomic E-state index is 12.8. The van der Waals surface area contributed by atoms with Crippen molar-refractivity contribution in [3.8, 4) is 0 Å². The van der Waals surface area contributed by atoms with Gasteiger partial charge in [-0.3, -0.25) is 19.4 Å². The molecule has 0 saturated carbocycles. The lowest BCUT2D eigenvalue weighted by Crippen LogP contribution is -2.37. The summed E-state index contributed by atoms with van der Waals surface area (Å²) in [5.41, 5.74) is 1.15. The van der Waals surface area contributed by atoms with Gasteiger partial charge in [-0.05, 0) is 42.5 Å². The second-order valence-electron chi connectivity index (χ2n) is 7.83. The SMILES string of the molecule is C=CC(=O)NCC(=O)NCCCNC(=O)c1cnc(Nc2ccc3cnccc3c2)nc1NCCC. The summed E-state index contributed by atoms with van der Waals surface area (Å²) < 4.78 is 0. The van der Waals surface area contributed by atoms with Gasteiger partial charge in [0.15, 0.2) is 0 Å². The van der Waals surface area contributed by atoms with Crippen LogP contribution in [0, 0.1) is 0 Å². The highest BCUT2D eigenvalue weighted by molar-refractivity contribution is 5.98. The van der Waals surface area contributed by atoms with Gasteiger partial charge in [0.2, 0.25) is 17.8 Å². The Kier molecular flexibility index (Phi) is 9.69. The number of fused-ring (bicyclic) bond motifs is 1. The number of nitrogens with one attached hydrogen (secondary N) is 5. The van der Waals surface area contributed by atoms with Crippen molar-refractivity contribution in [3.05, 3.63) is 61.1 Å². The highest BCUT2D eigenvalue weighted by Gasteiger charge is 2.15. The first-order valence-corrected chi connectivity index (χ1v) is 11.7. The fraction of sp³-hybridized carbons (Fsp3) is 0.280. The second-order valence-corrected chi connectivity index (χ2v) is 7.83. The molecule has 11 heteroatoms. The Balaban J connectivity index is 1.56. The summed E-state index contributed by atoms with van der Waals surface area (Å²) in [6, 6.07) is 7.78. The number of nitrogens with zero attached hydrogens (tertiary/aromatic N) is 3. The molecule has 36 heavy (non-hydrogen) atoms. The second kappa shape index (κ2) is 13.4. The molecule has 0 bridgehead atoms. The zero-order valence-corrected chi connectivity index (χ0v) is 20.1. The minimum Gasteiger partial charge on any atom is -0.369 e. The van der Waals surface area contributed by atoms with E-state index in [2.05, 4.69) is 48.1 Å². The van der Waals surface area contributed by atoms with Gasteiger partial charge in [0, 0.05) is 49.3 Å². The third kappa shape index (κ3) is 7.76. The highest BCUT2D eigenvalue weighted by atomic mass is 16.2. The maximum Gasteiger partial charge on any atom is 0.256 e. The number of benzene rings is 1. The molecule has 3 rings (SSSR count). The Labute approximate surface area is 209 Å². The molecule has 0 fully saturated rings. The smallest absolute Gasteiger partial charge is 0.256 e. The van der Waals surface area contributed by atoms with Crippen LogP contribution in [0.5, 0.6) is 0 Å². The van der Waals surface area contributed by atoms with Crippen molar-refractivity contribution in [2.45, 2.75) is 19.8 Å². The number of pyridine rings is 1. The lowest BCUT2D eigenvalue weighted by Gasteiger charge is -2.13. The van der Waals surface area contributed by atoms with Crippen LogP contribution in [-0.4, -0.2) is 58.9 Å². The van der Waals surface area contributed by atoms with Gasteiger partial charge in [0.05, 0.1) is 6.54 Å². The van der Waals surface area contributed by atoms with Crippen molar-refractivity contribution in [2.75, 3.05) is 36.8 Å². The number of aromatic nitrogens is 3.